The van der Waals surface area contributed by atoms with Crippen LogP contribution in [0.2, 0.25) is 10.0 Å². The fourth-order valence-corrected chi connectivity index (χ4v) is 1.81. The van der Waals surface area contributed by atoms with Crippen LogP contribution in [0.3, 0.4) is 0 Å². The van der Waals surface area contributed by atoms with Crippen molar-refractivity contribution in [2.75, 3.05) is 14.1 Å². The molecular formula is C12H14Cl2N2. The summed E-state index contributed by atoms with van der Waals surface area (Å²) in [5.74, 6) is 0. The molecule has 1 aromatic carbocycles. The van der Waals surface area contributed by atoms with Crippen LogP contribution in [0.1, 0.15) is 12.5 Å². The molecule has 0 aromatic heterocycles. The summed E-state index contributed by atoms with van der Waals surface area (Å²) >= 11 is 11.9. The van der Waals surface area contributed by atoms with Crippen molar-refractivity contribution >= 4 is 23.2 Å². The van der Waals surface area contributed by atoms with Crippen molar-refractivity contribution in [3.8, 4) is 6.07 Å². The standard InChI is InChI=1S/C12H14Cl2N2/c1-12(8-15,16(2)3)7-9-4-5-10(13)6-11(9)14/h4-6H,7H2,1-3H3. The molecule has 0 bridgehead atoms. The molecule has 0 aliphatic rings. The number of hydrogen-bond donors (Lipinski definition) is 0. The van der Waals surface area contributed by atoms with Gasteiger partial charge in [0.15, 0.2) is 0 Å². The average Bonchev–Trinajstić information content (AvgIpc) is 2.22. The monoisotopic (exact) mass is 256 g/mol. The molecule has 1 atom stereocenters. The van der Waals surface area contributed by atoms with E-state index in [-0.39, 0.29) is 0 Å². The van der Waals surface area contributed by atoms with E-state index in [9.17, 15) is 5.26 Å². The quantitative estimate of drug-likeness (QED) is 0.829. The van der Waals surface area contributed by atoms with Crippen molar-refractivity contribution < 1.29 is 0 Å². The highest BCUT2D eigenvalue weighted by atomic mass is 35.5. The Morgan fingerprint density at radius 1 is 1.38 bits per heavy atom. The van der Waals surface area contributed by atoms with Crippen LogP contribution in [-0.4, -0.2) is 24.5 Å². The lowest BCUT2D eigenvalue weighted by molar-refractivity contribution is 0.237. The molecule has 16 heavy (non-hydrogen) atoms. The van der Waals surface area contributed by atoms with E-state index in [1.54, 1.807) is 12.1 Å². The molecule has 86 valence electrons. The molecule has 4 heteroatoms. The van der Waals surface area contributed by atoms with E-state index in [0.29, 0.717) is 16.5 Å². The van der Waals surface area contributed by atoms with Crippen LogP contribution in [0, 0.1) is 11.3 Å². The van der Waals surface area contributed by atoms with Crippen LogP contribution in [0.15, 0.2) is 18.2 Å². The van der Waals surface area contributed by atoms with E-state index in [1.165, 1.54) is 0 Å². The first kappa shape index (κ1) is 13.3. The third kappa shape index (κ3) is 2.89. The van der Waals surface area contributed by atoms with Crippen LogP contribution in [-0.2, 0) is 6.42 Å². The summed E-state index contributed by atoms with van der Waals surface area (Å²) in [6.45, 7) is 1.89. The summed E-state index contributed by atoms with van der Waals surface area (Å²) in [7, 11) is 3.76. The second kappa shape index (κ2) is 5.05. The van der Waals surface area contributed by atoms with E-state index in [0.717, 1.165) is 5.56 Å². The van der Waals surface area contributed by atoms with Crippen LogP contribution < -0.4 is 0 Å². The van der Waals surface area contributed by atoms with Gasteiger partial charge in [0.25, 0.3) is 0 Å². The summed E-state index contributed by atoms with van der Waals surface area (Å²) in [5, 5.41) is 10.4. The highest BCUT2D eigenvalue weighted by Crippen LogP contribution is 2.26. The van der Waals surface area contributed by atoms with Crippen LogP contribution in [0.25, 0.3) is 0 Å². The lowest BCUT2D eigenvalue weighted by atomic mass is 9.93. The van der Waals surface area contributed by atoms with E-state index in [4.69, 9.17) is 23.2 Å². The predicted molar refractivity (Wildman–Crippen MR) is 67.9 cm³/mol. The molecule has 1 aromatic rings. The minimum Gasteiger partial charge on any atom is -0.292 e. The van der Waals surface area contributed by atoms with Crippen molar-refractivity contribution in [1.29, 1.82) is 5.26 Å². The Kier molecular flexibility index (Phi) is 4.21. The molecule has 0 aliphatic heterocycles. The van der Waals surface area contributed by atoms with E-state index >= 15 is 0 Å². The maximum absolute atomic E-state index is 9.20. The molecular weight excluding hydrogens is 243 g/mol. The number of benzene rings is 1. The first-order chi connectivity index (χ1) is 7.39. The third-order valence-electron chi connectivity index (χ3n) is 2.78. The van der Waals surface area contributed by atoms with Gasteiger partial charge in [0.1, 0.15) is 5.54 Å². The lowest BCUT2D eigenvalue weighted by Crippen LogP contribution is -2.41. The van der Waals surface area contributed by atoms with Gasteiger partial charge in [-0.2, -0.15) is 5.26 Å². The Bertz CT molecular complexity index is 424. The van der Waals surface area contributed by atoms with E-state index in [1.807, 2.05) is 32.0 Å². The molecule has 0 radical (unpaired) electrons. The van der Waals surface area contributed by atoms with Gasteiger partial charge in [-0.1, -0.05) is 29.3 Å². The van der Waals surface area contributed by atoms with Gasteiger partial charge >= 0.3 is 0 Å². The van der Waals surface area contributed by atoms with Crippen LogP contribution in [0.4, 0.5) is 0 Å². The van der Waals surface area contributed by atoms with Gasteiger partial charge in [-0.3, -0.25) is 4.90 Å². The first-order valence-corrected chi connectivity index (χ1v) is 5.67. The number of rotatable bonds is 3. The maximum Gasteiger partial charge on any atom is 0.110 e. The molecule has 1 unspecified atom stereocenters. The van der Waals surface area contributed by atoms with Gasteiger partial charge < -0.3 is 0 Å². The zero-order chi connectivity index (χ0) is 12.3. The summed E-state index contributed by atoms with van der Waals surface area (Å²) < 4.78 is 0. The highest BCUT2D eigenvalue weighted by molar-refractivity contribution is 6.35. The number of nitriles is 1. The Morgan fingerprint density at radius 3 is 2.44 bits per heavy atom. The minimum absolute atomic E-state index is 0.558. The Balaban J connectivity index is 3.01. The van der Waals surface area contributed by atoms with E-state index < -0.39 is 5.54 Å². The molecule has 0 heterocycles. The molecule has 0 saturated heterocycles. The average molecular weight is 257 g/mol. The highest BCUT2D eigenvalue weighted by Gasteiger charge is 2.27. The summed E-state index contributed by atoms with van der Waals surface area (Å²) in [6.07, 6.45) is 0.576. The fraction of sp³-hybridized carbons (Fsp3) is 0.417. The van der Waals surface area contributed by atoms with Gasteiger partial charge in [-0.25, -0.2) is 0 Å². The van der Waals surface area contributed by atoms with Gasteiger partial charge in [0, 0.05) is 16.5 Å². The van der Waals surface area contributed by atoms with Crippen molar-refractivity contribution in [3.63, 3.8) is 0 Å². The van der Waals surface area contributed by atoms with Crippen LogP contribution >= 0.6 is 23.2 Å². The van der Waals surface area contributed by atoms with E-state index in [2.05, 4.69) is 6.07 Å². The summed E-state index contributed by atoms with van der Waals surface area (Å²) in [4.78, 5) is 1.89. The number of nitrogens with zero attached hydrogens (tertiary/aromatic N) is 2. The second-order valence-electron chi connectivity index (χ2n) is 4.19. The molecule has 0 amide bonds. The fourth-order valence-electron chi connectivity index (χ4n) is 1.33. The van der Waals surface area contributed by atoms with Gasteiger partial charge in [0.2, 0.25) is 0 Å². The zero-order valence-corrected chi connectivity index (χ0v) is 11.1. The number of likely N-dealkylation sites (N-methyl/N-ethyl adjacent to an activating group) is 1. The largest absolute Gasteiger partial charge is 0.292 e. The normalized spacial score (nSPS) is 14.6. The molecule has 1 rings (SSSR count). The van der Waals surface area contributed by atoms with Crippen LogP contribution in [0.5, 0.6) is 0 Å². The molecule has 0 aliphatic carbocycles. The topological polar surface area (TPSA) is 27.0 Å². The van der Waals surface area contributed by atoms with Crippen molar-refractivity contribution in [2.24, 2.45) is 0 Å². The first-order valence-electron chi connectivity index (χ1n) is 4.91. The van der Waals surface area contributed by atoms with Crippen molar-refractivity contribution in [1.82, 2.24) is 4.90 Å². The summed E-state index contributed by atoms with van der Waals surface area (Å²) in [5.41, 5.74) is 0.376. The summed E-state index contributed by atoms with van der Waals surface area (Å²) in [6, 6.07) is 7.66. The molecule has 2 nitrogen and oxygen atoms in total. The molecule has 0 N–H and O–H groups in total. The van der Waals surface area contributed by atoms with Gasteiger partial charge in [-0.15, -0.1) is 0 Å². The smallest absolute Gasteiger partial charge is 0.110 e. The maximum atomic E-state index is 9.20. The number of halogens is 2. The SMILES string of the molecule is CN(C)C(C)(C#N)Cc1ccc(Cl)cc1Cl. The molecule has 0 spiro atoms. The number of hydrogen-bond acceptors (Lipinski definition) is 2. The Labute approximate surface area is 106 Å². The Morgan fingerprint density at radius 2 is 2.00 bits per heavy atom. The Hall–Kier alpha value is -0.750. The molecule has 0 fully saturated rings. The van der Waals surface area contributed by atoms with Crippen molar-refractivity contribution in [3.05, 3.63) is 33.8 Å². The third-order valence-corrected chi connectivity index (χ3v) is 3.36. The zero-order valence-electron chi connectivity index (χ0n) is 9.59. The minimum atomic E-state index is -0.558. The molecule has 0 saturated carbocycles. The predicted octanol–water partition coefficient (Wildman–Crippen LogP) is 3.38. The van der Waals surface area contributed by atoms with Crippen molar-refractivity contribution in [2.45, 2.75) is 18.9 Å². The van der Waals surface area contributed by atoms with Gasteiger partial charge in [-0.05, 0) is 38.7 Å². The van der Waals surface area contributed by atoms with Gasteiger partial charge in [0.05, 0.1) is 6.07 Å². The lowest BCUT2D eigenvalue weighted by Gasteiger charge is -2.29. The second-order valence-corrected chi connectivity index (χ2v) is 5.04.